The topological polar surface area (TPSA) is 48.0 Å². The molecule has 3 rings (SSSR count). The van der Waals surface area contributed by atoms with Gasteiger partial charge >= 0.3 is 0 Å². The van der Waals surface area contributed by atoms with Crippen LogP contribution in [0.4, 0.5) is 0 Å². The highest BCUT2D eigenvalue weighted by molar-refractivity contribution is 5.92. The van der Waals surface area contributed by atoms with E-state index in [1.54, 1.807) is 0 Å². The van der Waals surface area contributed by atoms with Crippen molar-refractivity contribution in [2.45, 2.75) is 69.7 Å². The number of benzene rings is 2. The average molecular weight is 473 g/mol. The predicted octanol–water partition coefficient (Wildman–Crippen LogP) is 1.57. The summed E-state index contributed by atoms with van der Waals surface area (Å²) >= 11 is 0. The second-order valence-electron chi connectivity index (χ2n) is 8.70. The fourth-order valence-electron chi connectivity index (χ4n) is 4.68. The molecule has 2 aromatic carbocycles. The lowest BCUT2D eigenvalue weighted by Gasteiger charge is -2.41. The van der Waals surface area contributed by atoms with Crippen LogP contribution in [0.5, 0.6) is 0 Å². The van der Waals surface area contributed by atoms with Crippen molar-refractivity contribution in [3.63, 3.8) is 0 Å². The molecule has 0 saturated carbocycles. The summed E-state index contributed by atoms with van der Waals surface area (Å²) in [6.45, 7) is 6.18. The molecule has 1 aliphatic rings. The van der Waals surface area contributed by atoms with E-state index in [2.05, 4.69) is 73.0 Å². The van der Waals surface area contributed by atoms with Crippen molar-refractivity contribution >= 4 is 5.91 Å². The van der Waals surface area contributed by atoms with Gasteiger partial charge in [0.2, 0.25) is 5.91 Å². The molecule has 0 atom stereocenters. The van der Waals surface area contributed by atoms with Gasteiger partial charge in [-0.15, -0.1) is 0 Å². The molecule has 30 heavy (non-hydrogen) atoms. The van der Waals surface area contributed by atoms with Gasteiger partial charge < -0.3 is 27.6 Å². The molecule has 1 heterocycles. The van der Waals surface area contributed by atoms with Crippen LogP contribution in [0.25, 0.3) is 0 Å². The molecule has 0 aliphatic carbocycles. The van der Waals surface area contributed by atoms with E-state index in [0.717, 1.165) is 62.7 Å². The van der Waals surface area contributed by atoms with Crippen LogP contribution in [-0.4, -0.2) is 29.4 Å². The number of quaternary nitrogens is 1. The quantitative estimate of drug-likeness (QED) is 0.622. The van der Waals surface area contributed by atoms with E-state index >= 15 is 0 Å². The summed E-state index contributed by atoms with van der Waals surface area (Å²) in [7, 11) is 0. The number of piperidine rings is 1. The minimum Gasteiger partial charge on any atom is -1.00 e. The van der Waals surface area contributed by atoms with Gasteiger partial charge in [0.25, 0.3) is 0 Å². The fourth-order valence-corrected chi connectivity index (χ4v) is 4.68. The first-order valence-corrected chi connectivity index (χ1v) is 11.3. The highest BCUT2D eigenvalue weighted by Crippen LogP contribution is 2.41. The van der Waals surface area contributed by atoms with Crippen molar-refractivity contribution in [1.82, 2.24) is 4.90 Å². The summed E-state index contributed by atoms with van der Waals surface area (Å²) in [4.78, 5) is 16.3. The molecular weight excluding hydrogens is 436 g/mol. The molecule has 4 heteroatoms. The second kappa shape index (κ2) is 11.1. The number of likely N-dealkylation sites (tertiary alicyclic amines) is 1. The minimum atomic E-state index is -0.646. The van der Waals surface area contributed by atoms with Gasteiger partial charge in [-0.1, -0.05) is 74.5 Å². The third kappa shape index (κ3) is 5.15. The van der Waals surface area contributed by atoms with Gasteiger partial charge in [0.15, 0.2) is 0 Å². The Morgan fingerprint density at radius 1 is 0.833 bits per heavy atom. The molecular formula is C26H37BrN2O. The van der Waals surface area contributed by atoms with Crippen molar-refractivity contribution < 1.29 is 27.5 Å². The molecule has 2 aromatic rings. The fraction of sp³-hybridized carbons (Fsp3) is 0.500. The first kappa shape index (κ1) is 24.6. The smallest absolute Gasteiger partial charge is 0.237 e. The molecule has 3 N–H and O–H groups in total. The van der Waals surface area contributed by atoms with E-state index < -0.39 is 5.41 Å². The first-order valence-electron chi connectivity index (χ1n) is 11.3. The Labute approximate surface area is 192 Å². The summed E-state index contributed by atoms with van der Waals surface area (Å²) < 4.78 is 0. The summed E-state index contributed by atoms with van der Waals surface area (Å²) in [5.41, 5.74) is 6.12. The van der Waals surface area contributed by atoms with E-state index in [0.29, 0.717) is 0 Å². The van der Waals surface area contributed by atoms with E-state index in [1.165, 1.54) is 6.42 Å². The predicted molar refractivity (Wildman–Crippen MR) is 120 cm³/mol. The Kier molecular flexibility index (Phi) is 9.11. The SMILES string of the molecule is CCC([NH3+])(CC)CCC(C(=O)N1CCCCC1)(c1ccccc1)c1ccccc1.[Br-]. The Balaban J connectivity index is 0.00000320. The van der Waals surface area contributed by atoms with Crippen molar-refractivity contribution in [2.75, 3.05) is 13.1 Å². The number of carbonyl (C=O) groups is 1. The summed E-state index contributed by atoms with van der Waals surface area (Å²) in [6, 6.07) is 20.9. The van der Waals surface area contributed by atoms with E-state index in [9.17, 15) is 4.79 Å². The Morgan fingerprint density at radius 2 is 1.30 bits per heavy atom. The van der Waals surface area contributed by atoms with Crippen LogP contribution >= 0.6 is 0 Å². The Hall–Kier alpha value is -1.65. The molecule has 0 aromatic heterocycles. The third-order valence-corrected chi connectivity index (χ3v) is 7.07. The van der Waals surface area contributed by atoms with Crippen LogP contribution in [0.15, 0.2) is 60.7 Å². The normalized spacial score (nSPS) is 14.8. The van der Waals surface area contributed by atoms with Crippen molar-refractivity contribution in [3.8, 4) is 0 Å². The van der Waals surface area contributed by atoms with Gasteiger partial charge in [-0.3, -0.25) is 4.79 Å². The number of nitrogens with zero attached hydrogens (tertiary/aromatic N) is 1. The Morgan fingerprint density at radius 3 is 1.73 bits per heavy atom. The van der Waals surface area contributed by atoms with Crippen LogP contribution in [0, 0.1) is 0 Å². The highest BCUT2D eigenvalue weighted by Gasteiger charge is 2.46. The lowest BCUT2D eigenvalue weighted by Crippen LogP contribution is -3.00. The molecule has 164 valence electrons. The molecule has 1 amide bonds. The number of hydrogen-bond donors (Lipinski definition) is 1. The standard InChI is InChI=1S/C26H36N2O.BrH/c1-3-25(27,4-2)18-19-26(22-14-8-5-9-15-22,23-16-10-6-11-17-23)24(29)28-20-12-7-13-21-28;/h5-6,8-11,14-17H,3-4,7,12-13,18-21,27H2,1-2H3;1H. The van der Waals surface area contributed by atoms with Gasteiger partial charge in [0.05, 0.1) is 11.0 Å². The maximum absolute atomic E-state index is 14.2. The number of hydrogen-bond acceptors (Lipinski definition) is 1. The molecule has 0 radical (unpaired) electrons. The summed E-state index contributed by atoms with van der Waals surface area (Å²) in [5, 5.41) is 0. The highest BCUT2D eigenvalue weighted by atomic mass is 79.9. The van der Waals surface area contributed by atoms with Gasteiger partial charge in [-0.05, 0) is 49.7 Å². The van der Waals surface area contributed by atoms with Crippen LogP contribution < -0.4 is 22.7 Å². The molecule has 3 nitrogen and oxygen atoms in total. The first-order chi connectivity index (χ1) is 14.1. The average Bonchev–Trinajstić information content (AvgIpc) is 2.81. The zero-order valence-electron chi connectivity index (χ0n) is 18.6. The lowest BCUT2D eigenvalue weighted by atomic mass is 9.67. The number of amides is 1. The van der Waals surface area contributed by atoms with Crippen LogP contribution in [0.1, 0.15) is 69.9 Å². The van der Waals surface area contributed by atoms with Crippen LogP contribution in [0.2, 0.25) is 0 Å². The van der Waals surface area contributed by atoms with Crippen molar-refractivity contribution in [2.24, 2.45) is 0 Å². The largest absolute Gasteiger partial charge is 1.00 e. The number of halogens is 1. The van der Waals surface area contributed by atoms with Crippen molar-refractivity contribution in [3.05, 3.63) is 71.8 Å². The van der Waals surface area contributed by atoms with Crippen molar-refractivity contribution in [1.29, 1.82) is 0 Å². The van der Waals surface area contributed by atoms with Gasteiger partial charge in [0.1, 0.15) is 0 Å². The minimum absolute atomic E-state index is 0. The van der Waals surface area contributed by atoms with Gasteiger partial charge in [-0.2, -0.15) is 0 Å². The second-order valence-corrected chi connectivity index (χ2v) is 8.70. The van der Waals surface area contributed by atoms with Gasteiger partial charge in [-0.25, -0.2) is 0 Å². The molecule has 0 bridgehead atoms. The molecule has 0 unspecified atom stereocenters. The van der Waals surface area contributed by atoms with E-state index in [1.807, 2.05) is 12.1 Å². The summed E-state index contributed by atoms with van der Waals surface area (Å²) in [5.74, 6) is 0.268. The maximum atomic E-state index is 14.2. The molecule has 1 fully saturated rings. The van der Waals surface area contributed by atoms with Crippen LogP contribution in [0.3, 0.4) is 0 Å². The van der Waals surface area contributed by atoms with E-state index in [4.69, 9.17) is 0 Å². The lowest BCUT2D eigenvalue weighted by molar-refractivity contribution is -0.482. The van der Waals surface area contributed by atoms with Gasteiger partial charge in [0, 0.05) is 19.5 Å². The van der Waals surface area contributed by atoms with Crippen LogP contribution in [-0.2, 0) is 10.2 Å². The summed E-state index contributed by atoms with van der Waals surface area (Å²) in [6.07, 6.45) is 7.22. The number of carbonyl (C=O) groups excluding carboxylic acids is 1. The third-order valence-electron chi connectivity index (χ3n) is 7.07. The zero-order valence-corrected chi connectivity index (χ0v) is 20.2. The van der Waals surface area contributed by atoms with E-state index in [-0.39, 0.29) is 28.4 Å². The Bertz CT molecular complexity index is 729. The monoisotopic (exact) mass is 472 g/mol. The zero-order chi connectivity index (χ0) is 20.7. The molecule has 1 aliphatic heterocycles. The molecule has 1 saturated heterocycles. The number of rotatable bonds is 8. The molecule has 0 spiro atoms. The maximum Gasteiger partial charge on any atom is 0.237 e.